The van der Waals surface area contributed by atoms with Gasteiger partial charge in [-0.1, -0.05) is 46.3 Å². The Morgan fingerprint density at radius 3 is 2.48 bits per heavy atom. The molecule has 0 bridgehead atoms. The van der Waals surface area contributed by atoms with Crippen molar-refractivity contribution >= 4 is 33.6 Å². The van der Waals surface area contributed by atoms with Gasteiger partial charge in [0.05, 0.1) is 6.61 Å². The molecule has 4 nitrogen and oxygen atoms in total. The van der Waals surface area contributed by atoms with E-state index in [-0.39, 0.29) is 5.91 Å². The third-order valence-electron chi connectivity index (χ3n) is 4.06. The van der Waals surface area contributed by atoms with E-state index in [2.05, 4.69) is 21.2 Å². The fraction of sp³-hybridized carbons (Fsp3) is 0.125. The molecule has 0 aromatic heterocycles. The molecule has 148 valence electrons. The van der Waals surface area contributed by atoms with Gasteiger partial charge >= 0.3 is 0 Å². The summed E-state index contributed by atoms with van der Waals surface area (Å²) < 4.78 is 12.3. The molecular formula is C24H22BrNO3. The molecule has 0 radical (unpaired) electrons. The molecule has 5 heteroatoms. The Bertz CT molecular complexity index is 969. The number of amides is 1. The highest BCUT2D eigenvalue weighted by Gasteiger charge is 2.04. The van der Waals surface area contributed by atoms with Crippen LogP contribution in [-0.4, -0.2) is 12.5 Å². The highest BCUT2D eigenvalue weighted by molar-refractivity contribution is 9.10. The molecule has 0 fully saturated rings. The van der Waals surface area contributed by atoms with E-state index in [1.807, 2.05) is 79.7 Å². The SMILES string of the molecule is CCOc1ccc(Br)cc1/C=C/C(=O)Nc1ccc(OCc2ccccc2)cc1. The number of hydrogen-bond donors (Lipinski definition) is 1. The number of anilines is 1. The maximum Gasteiger partial charge on any atom is 0.248 e. The molecule has 0 atom stereocenters. The fourth-order valence-corrected chi connectivity index (χ4v) is 3.04. The molecular weight excluding hydrogens is 430 g/mol. The van der Waals surface area contributed by atoms with Crippen molar-refractivity contribution in [3.05, 3.63) is 94.5 Å². The number of rotatable bonds is 8. The van der Waals surface area contributed by atoms with Crippen LogP contribution in [0, 0.1) is 0 Å². The second-order valence-electron chi connectivity index (χ2n) is 6.24. The molecule has 3 aromatic carbocycles. The summed E-state index contributed by atoms with van der Waals surface area (Å²) in [5.41, 5.74) is 2.64. The molecule has 3 rings (SSSR count). The predicted molar refractivity (Wildman–Crippen MR) is 120 cm³/mol. The summed E-state index contributed by atoms with van der Waals surface area (Å²) in [5.74, 6) is 1.27. The summed E-state index contributed by atoms with van der Waals surface area (Å²) >= 11 is 3.44. The summed E-state index contributed by atoms with van der Waals surface area (Å²) in [5, 5.41) is 2.85. The lowest BCUT2D eigenvalue weighted by atomic mass is 10.2. The molecule has 0 unspecified atom stereocenters. The van der Waals surface area contributed by atoms with Crippen molar-refractivity contribution in [1.82, 2.24) is 0 Å². The summed E-state index contributed by atoms with van der Waals surface area (Å²) in [4.78, 5) is 12.3. The summed E-state index contributed by atoms with van der Waals surface area (Å²) in [6.45, 7) is 2.99. The first-order valence-electron chi connectivity index (χ1n) is 9.32. The first-order valence-corrected chi connectivity index (χ1v) is 10.1. The van der Waals surface area contributed by atoms with Gasteiger partial charge in [0, 0.05) is 21.8 Å². The van der Waals surface area contributed by atoms with E-state index < -0.39 is 0 Å². The Morgan fingerprint density at radius 2 is 1.76 bits per heavy atom. The van der Waals surface area contributed by atoms with E-state index >= 15 is 0 Å². The molecule has 0 saturated heterocycles. The van der Waals surface area contributed by atoms with Gasteiger partial charge in [-0.2, -0.15) is 0 Å². The van der Waals surface area contributed by atoms with Crippen molar-refractivity contribution in [3.63, 3.8) is 0 Å². The van der Waals surface area contributed by atoms with E-state index in [0.717, 1.165) is 27.1 Å². The zero-order valence-electron chi connectivity index (χ0n) is 16.1. The first kappa shape index (κ1) is 20.7. The molecule has 0 spiro atoms. The Kier molecular flexibility index (Phi) is 7.47. The predicted octanol–water partition coefficient (Wildman–Crippen LogP) is 6.08. The number of carbonyl (C=O) groups is 1. The molecule has 0 aliphatic carbocycles. The van der Waals surface area contributed by atoms with Gasteiger partial charge in [-0.25, -0.2) is 0 Å². The minimum Gasteiger partial charge on any atom is -0.493 e. The summed E-state index contributed by atoms with van der Waals surface area (Å²) in [6, 6.07) is 23.0. The van der Waals surface area contributed by atoms with Crippen LogP contribution in [0.2, 0.25) is 0 Å². The third-order valence-corrected chi connectivity index (χ3v) is 4.55. The van der Waals surface area contributed by atoms with Crippen molar-refractivity contribution < 1.29 is 14.3 Å². The van der Waals surface area contributed by atoms with Gasteiger partial charge in [-0.05, 0) is 61.0 Å². The molecule has 0 saturated carbocycles. The Hall–Kier alpha value is -3.05. The Balaban J connectivity index is 1.57. The van der Waals surface area contributed by atoms with Gasteiger partial charge < -0.3 is 14.8 Å². The van der Waals surface area contributed by atoms with Crippen molar-refractivity contribution in [2.24, 2.45) is 0 Å². The van der Waals surface area contributed by atoms with Crippen LogP contribution in [0.15, 0.2) is 83.3 Å². The number of ether oxygens (including phenoxy) is 2. The fourth-order valence-electron chi connectivity index (χ4n) is 2.66. The normalized spacial score (nSPS) is 10.7. The second kappa shape index (κ2) is 10.5. The lowest BCUT2D eigenvalue weighted by Gasteiger charge is -2.08. The van der Waals surface area contributed by atoms with Crippen LogP contribution >= 0.6 is 15.9 Å². The van der Waals surface area contributed by atoms with E-state index in [1.54, 1.807) is 6.08 Å². The zero-order valence-corrected chi connectivity index (χ0v) is 17.7. The minimum absolute atomic E-state index is 0.217. The van der Waals surface area contributed by atoms with Gasteiger partial charge in [0.1, 0.15) is 18.1 Å². The molecule has 3 aromatic rings. The number of nitrogens with one attached hydrogen (secondary N) is 1. The highest BCUT2D eigenvalue weighted by Crippen LogP contribution is 2.24. The molecule has 29 heavy (non-hydrogen) atoms. The molecule has 0 heterocycles. The third kappa shape index (κ3) is 6.50. The minimum atomic E-state index is -0.217. The summed E-state index contributed by atoms with van der Waals surface area (Å²) in [6.07, 6.45) is 3.23. The van der Waals surface area contributed by atoms with Crippen molar-refractivity contribution in [2.45, 2.75) is 13.5 Å². The summed E-state index contributed by atoms with van der Waals surface area (Å²) in [7, 11) is 0. The van der Waals surface area contributed by atoms with Gasteiger partial charge in [0.2, 0.25) is 5.91 Å². The Labute approximate surface area is 179 Å². The average molecular weight is 452 g/mol. The first-order chi connectivity index (χ1) is 14.1. The zero-order chi connectivity index (χ0) is 20.5. The van der Waals surface area contributed by atoms with Crippen LogP contribution in [0.1, 0.15) is 18.1 Å². The van der Waals surface area contributed by atoms with Gasteiger partial charge in [0.15, 0.2) is 0 Å². The maximum absolute atomic E-state index is 12.3. The van der Waals surface area contributed by atoms with Crippen LogP contribution in [0.4, 0.5) is 5.69 Å². The Morgan fingerprint density at radius 1 is 1.00 bits per heavy atom. The lowest BCUT2D eigenvalue weighted by Crippen LogP contribution is -2.07. The smallest absolute Gasteiger partial charge is 0.248 e. The topological polar surface area (TPSA) is 47.6 Å². The largest absolute Gasteiger partial charge is 0.493 e. The molecule has 0 aliphatic rings. The van der Waals surface area contributed by atoms with Crippen LogP contribution in [0.5, 0.6) is 11.5 Å². The van der Waals surface area contributed by atoms with Crippen LogP contribution in [0.25, 0.3) is 6.08 Å². The quantitative estimate of drug-likeness (QED) is 0.422. The standard InChI is InChI=1S/C24H22BrNO3/c1-2-28-23-14-9-20(25)16-19(23)8-15-24(27)26-21-10-12-22(13-11-21)29-17-18-6-4-3-5-7-18/h3-16H,2,17H2,1H3,(H,26,27)/b15-8+. The van der Waals surface area contributed by atoms with Crippen LogP contribution in [-0.2, 0) is 11.4 Å². The van der Waals surface area contributed by atoms with E-state index in [0.29, 0.717) is 18.9 Å². The molecule has 1 amide bonds. The van der Waals surface area contributed by atoms with Crippen molar-refractivity contribution in [1.29, 1.82) is 0 Å². The second-order valence-corrected chi connectivity index (χ2v) is 7.15. The van der Waals surface area contributed by atoms with Crippen molar-refractivity contribution in [2.75, 3.05) is 11.9 Å². The highest BCUT2D eigenvalue weighted by atomic mass is 79.9. The average Bonchev–Trinajstić information content (AvgIpc) is 2.74. The molecule has 0 aliphatic heterocycles. The number of hydrogen-bond acceptors (Lipinski definition) is 3. The van der Waals surface area contributed by atoms with Gasteiger partial charge in [-0.3, -0.25) is 4.79 Å². The van der Waals surface area contributed by atoms with Crippen molar-refractivity contribution in [3.8, 4) is 11.5 Å². The monoisotopic (exact) mass is 451 g/mol. The lowest BCUT2D eigenvalue weighted by molar-refractivity contribution is -0.111. The van der Waals surface area contributed by atoms with Gasteiger partial charge in [-0.15, -0.1) is 0 Å². The number of carbonyl (C=O) groups excluding carboxylic acids is 1. The molecule has 1 N–H and O–H groups in total. The van der Waals surface area contributed by atoms with Gasteiger partial charge in [0.25, 0.3) is 0 Å². The number of halogens is 1. The maximum atomic E-state index is 12.3. The van der Waals surface area contributed by atoms with E-state index in [1.165, 1.54) is 6.08 Å². The van der Waals surface area contributed by atoms with Crippen LogP contribution in [0.3, 0.4) is 0 Å². The van der Waals surface area contributed by atoms with E-state index in [9.17, 15) is 4.79 Å². The number of benzene rings is 3. The van der Waals surface area contributed by atoms with E-state index in [4.69, 9.17) is 9.47 Å². The van der Waals surface area contributed by atoms with Crippen LogP contribution < -0.4 is 14.8 Å².